The van der Waals surface area contributed by atoms with Crippen molar-refractivity contribution in [1.29, 1.82) is 0 Å². The van der Waals surface area contributed by atoms with Gasteiger partial charge in [0.15, 0.2) is 5.52 Å². The quantitative estimate of drug-likeness (QED) is 0.812. The zero-order valence-electron chi connectivity index (χ0n) is 14.2. The fraction of sp³-hybridized carbons (Fsp3) is 0.722. The molecule has 1 aliphatic heterocycles. The lowest BCUT2D eigenvalue weighted by atomic mass is 10.00. The molecule has 130 valence electrons. The van der Waals surface area contributed by atoms with Crippen LogP contribution in [0.25, 0.3) is 5.52 Å². The Morgan fingerprint density at radius 1 is 1.08 bits per heavy atom. The molecule has 0 bridgehead atoms. The van der Waals surface area contributed by atoms with E-state index in [1.807, 2.05) is 0 Å². The molecule has 2 aromatic heterocycles. The van der Waals surface area contributed by atoms with Gasteiger partial charge in [-0.2, -0.15) is 5.10 Å². The molecular formula is C18H26N4O2. The van der Waals surface area contributed by atoms with E-state index >= 15 is 0 Å². The summed E-state index contributed by atoms with van der Waals surface area (Å²) in [6, 6.07) is 0. The highest BCUT2D eigenvalue weighted by molar-refractivity contribution is 5.42. The molecule has 6 heteroatoms. The van der Waals surface area contributed by atoms with Gasteiger partial charge in [-0.05, 0) is 31.6 Å². The number of fused-ring (bicyclic) bond motifs is 1. The summed E-state index contributed by atoms with van der Waals surface area (Å²) >= 11 is 0. The molecule has 3 heterocycles. The first-order valence-electron chi connectivity index (χ1n) is 9.34. The van der Waals surface area contributed by atoms with Gasteiger partial charge in [0.25, 0.3) is 5.56 Å². The van der Waals surface area contributed by atoms with Crippen LogP contribution in [0.4, 0.5) is 0 Å². The van der Waals surface area contributed by atoms with Crippen LogP contribution in [0.1, 0.15) is 63.1 Å². The van der Waals surface area contributed by atoms with Crippen molar-refractivity contribution in [2.24, 2.45) is 5.92 Å². The summed E-state index contributed by atoms with van der Waals surface area (Å²) in [5.74, 6) is 1.85. The highest BCUT2D eigenvalue weighted by Gasteiger charge is 2.22. The normalized spacial score (nSPS) is 21.2. The van der Waals surface area contributed by atoms with E-state index in [1.165, 1.54) is 38.5 Å². The van der Waals surface area contributed by atoms with Crippen LogP contribution in [-0.4, -0.2) is 32.4 Å². The monoisotopic (exact) mass is 330 g/mol. The van der Waals surface area contributed by atoms with E-state index in [0.29, 0.717) is 17.4 Å². The Balaban J connectivity index is 1.60. The predicted molar refractivity (Wildman–Crippen MR) is 91.2 cm³/mol. The van der Waals surface area contributed by atoms with E-state index in [0.717, 1.165) is 38.4 Å². The fourth-order valence-corrected chi connectivity index (χ4v) is 4.13. The molecule has 0 atom stereocenters. The maximum atomic E-state index is 12.8. The van der Waals surface area contributed by atoms with Crippen LogP contribution in [0, 0.1) is 5.92 Å². The molecule has 1 saturated heterocycles. The van der Waals surface area contributed by atoms with Crippen molar-refractivity contribution in [3.05, 3.63) is 28.7 Å². The second-order valence-corrected chi connectivity index (χ2v) is 7.25. The third-order valence-corrected chi connectivity index (χ3v) is 5.57. The Morgan fingerprint density at radius 3 is 2.58 bits per heavy atom. The van der Waals surface area contributed by atoms with Gasteiger partial charge in [-0.15, -0.1) is 0 Å². The number of imidazole rings is 1. The van der Waals surface area contributed by atoms with Crippen molar-refractivity contribution in [2.45, 2.75) is 63.8 Å². The van der Waals surface area contributed by atoms with E-state index in [9.17, 15) is 4.79 Å². The predicted octanol–water partition coefficient (Wildman–Crippen LogP) is 2.76. The van der Waals surface area contributed by atoms with E-state index in [2.05, 4.69) is 10.1 Å². The lowest BCUT2D eigenvalue weighted by molar-refractivity contribution is 0.0832. The lowest BCUT2D eigenvalue weighted by Crippen LogP contribution is -2.27. The maximum absolute atomic E-state index is 12.8. The first-order chi connectivity index (χ1) is 11.8. The molecule has 1 aliphatic carbocycles. The number of ether oxygens (including phenoxy) is 1. The molecule has 2 aliphatic rings. The molecule has 0 aromatic carbocycles. The van der Waals surface area contributed by atoms with Gasteiger partial charge in [-0.3, -0.25) is 9.36 Å². The number of hydrogen-bond acceptors (Lipinski definition) is 4. The number of aromatic nitrogens is 4. The van der Waals surface area contributed by atoms with Crippen LogP contribution in [-0.2, 0) is 11.3 Å². The second kappa shape index (κ2) is 7.05. The Kier molecular flexibility index (Phi) is 4.65. The van der Waals surface area contributed by atoms with Crippen molar-refractivity contribution in [3.8, 4) is 0 Å². The van der Waals surface area contributed by atoms with Crippen LogP contribution >= 0.6 is 0 Å². The van der Waals surface area contributed by atoms with Gasteiger partial charge >= 0.3 is 0 Å². The minimum atomic E-state index is 0.0417. The van der Waals surface area contributed by atoms with Crippen molar-refractivity contribution in [1.82, 2.24) is 19.2 Å². The molecule has 0 unspecified atom stereocenters. The maximum Gasteiger partial charge on any atom is 0.279 e. The molecule has 1 saturated carbocycles. The van der Waals surface area contributed by atoms with Gasteiger partial charge < -0.3 is 4.74 Å². The molecule has 24 heavy (non-hydrogen) atoms. The molecule has 4 rings (SSSR count). The number of hydrogen-bond donors (Lipinski definition) is 0. The van der Waals surface area contributed by atoms with Crippen LogP contribution in [0.3, 0.4) is 0 Å². The lowest BCUT2D eigenvalue weighted by Gasteiger charge is -2.20. The summed E-state index contributed by atoms with van der Waals surface area (Å²) in [6.45, 7) is 2.32. The summed E-state index contributed by atoms with van der Waals surface area (Å²) in [5.41, 5.74) is 0.646. The summed E-state index contributed by atoms with van der Waals surface area (Å²) in [5, 5.41) is 4.54. The number of rotatable bonds is 3. The Hall–Kier alpha value is -1.69. The summed E-state index contributed by atoms with van der Waals surface area (Å²) in [4.78, 5) is 17.3. The van der Waals surface area contributed by atoms with Crippen molar-refractivity contribution < 1.29 is 4.74 Å². The molecule has 0 amide bonds. The van der Waals surface area contributed by atoms with E-state index in [1.54, 1.807) is 21.6 Å². The second-order valence-electron chi connectivity index (χ2n) is 7.25. The van der Waals surface area contributed by atoms with Gasteiger partial charge in [0.05, 0.1) is 6.20 Å². The highest BCUT2D eigenvalue weighted by Crippen LogP contribution is 2.26. The third-order valence-electron chi connectivity index (χ3n) is 5.57. The molecule has 0 N–H and O–H groups in total. The standard InChI is InChI=1S/C18H26N4O2/c23-18-16-11-19-17(15-7-9-24-10-8-15)22(16)20-13-21(18)12-14-5-3-1-2-4-6-14/h11,13-15H,1-10,12H2. The van der Waals surface area contributed by atoms with Crippen LogP contribution < -0.4 is 5.56 Å². The third kappa shape index (κ3) is 3.11. The summed E-state index contributed by atoms with van der Waals surface area (Å²) in [6.07, 6.45) is 13.0. The van der Waals surface area contributed by atoms with Gasteiger partial charge in [0, 0.05) is 25.7 Å². The average Bonchev–Trinajstić information content (AvgIpc) is 2.89. The van der Waals surface area contributed by atoms with Crippen LogP contribution in [0.2, 0.25) is 0 Å². The molecule has 0 spiro atoms. The zero-order chi connectivity index (χ0) is 16.4. The van der Waals surface area contributed by atoms with Gasteiger partial charge in [0.1, 0.15) is 12.2 Å². The van der Waals surface area contributed by atoms with Crippen molar-refractivity contribution >= 4 is 5.52 Å². The topological polar surface area (TPSA) is 61.4 Å². The Morgan fingerprint density at radius 2 is 1.83 bits per heavy atom. The van der Waals surface area contributed by atoms with Crippen molar-refractivity contribution in [2.75, 3.05) is 13.2 Å². The highest BCUT2D eigenvalue weighted by atomic mass is 16.5. The summed E-state index contributed by atoms with van der Waals surface area (Å²) in [7, 11) is 0. The van der Waals surface area contributed by atoms with Gasteiger partial charge in [-0.1, -0.05) is 25.7 Å². The summed E-state index contributed by atoms with van der Waals surface area (Å²) < 4.78 is 8.97. The Bertz CT molecular complexity index is 737. The van der Waals surface area contributed by atoms with Crippen LogP contribution in [0.15, 0.2) is 17.3 Å². The number of nitrogens with zero attached hydrogens (tertiary/aromatic N) is 4. The fourth-order valence-electron chi connectivity index (χ4n) is 4.13. The van der Waals surface area contributed by atoms with Gasteiger partial charge in [-0.25, -0.2) is 9.50 Å². The molecular weight excluding hydrogens is 304 g/mol. The van der Waals surface area contributed by atoms with E-state index < -0.39 is 0 Å². The molecule has 2 aromatic rings. The minimum Gasteiger partial charge on any atom is -0.381 e. The molecule has 6 nitrogen and oxygen atoms in total. The van der Waals surface area contributed by atoms with E-state index in [4.69, 9.17) is 4.74 Å². The van der Waals surface area contributed by atoms with Crippen molar-refractivity contribution in [3.63, 3.8) is 0 Å². The first kappa shape index (κ1) is 15.8. The minimum absolute atomic E-state index is 0.0417. The SMILES string of the molecule is O=c1c2cnc(C3CCOCC3)n2ncn1CC1CCCCCC1. The van der Waals surface area contributed by atoms with Gasteiger partial charge in [0.2, 0.25) is 0 Å². The largest absolute Gasteiger partial charge is 0.381 e. The first-order valence-corrected chi connectivity index (χ1v) is 9.34. The smallest absolute Gasteiger partial charge is 0.279 e. The Labute approximate surface area is 141 Å². The van der Waals surface area contributed by atoms with Crippen LogP contribution in [0.5, 0.6) is 0 Å². The molecule has 0 radical (unpaired) electrons. The zero-order valence-corrected chi connectivity index (χ0v) is 14.2. The molecule has 2 fully saturated rings. The average molecular weight is 330 g/mol. The van der Waals surface area contributed by atoms with E-state index in [-0.39, 0.29) is 5.56 Å².